The van der Waals surface area contributed by atoms with Gasteiger partial charge in [0.1, 0.15) is 5.82 Å². The first-order valence-corrected chi connectivity index (χ1v) is 10.6. The highest BCUT2D eigenvalue weighted by atomic mass is 32.2. The first-order chi connectivity index (χ1) is 14.1. The van der Waals surface area contributed by atoms with Gasteiger partial charge in [-0.25, -0.2) is 4.39 Å². The fourth-order valence-corrected chi connectivity index (χ4v) is 4.13. The van der Waals surface area contributed by atoms with E-state index in [0.717, 1.165) is 6.42 Å². The van der Waals surface area contributed by atoms with Crippen LogP contribution >= 0.6 is 11.8 Å². The van der Waals surface area contributed by atoms with E-state index in [9.17, 15) is 13.6 Å². The van der Waals surface area contributed by atoms with Crippen molar-refractivity contribution in [2.24, 2.45) is 16.6 Å². The number of hydrogen-bond donors (Lipinski definition) is 1. The number of nitrogens with zero attached hydrogens (tertiary/aromatic N) is 2. The molecule has 0 radical (unpaired) electrons. The minimum atomic E-state index is -0.170. The fraction of sp³-hybridized carbons (Fsp3) is 0.524. The van der Waals surface area contributed by atoms with Crippen molar-refractivity contribution in [1.82, 2.24) is 4.90 Å². The third-order valence-corrected chi connectivity index (χ3v) is 5.64. The monoisotopic (exact) mass is 427 g/mol. The Hall–Kier alpha value is -1.93. The number of rotatable bonds is 2. The van der Waals surface area contributed by atoms with Crippen LogP contribution < -0.4 is 5.73 Å². The Labute approximate surface area is 176 Å². The van der Waals surface area contributed by atoms with Gasteiger partial charge < -0.3 is 15.4 Å². The van der Waals surface area contributed by atoms with Gasteiger partial charge in [-0.2, -0.15) is 0 Å². The second kappa shape index (κ2) is 13.3. The van der Waals surface area contributed by atoms with Gasteiger partial charge in [-0.15, -0.1) is 0 Å². The molecular formula is C21H31F2N3O2S. The van der Waals surface area contributed by atoms with Crippen molar-refractivity contribution in [3.8, 4) is 0 Å². The SMILES string of the molecule is C=CC(=O)N1CCOCC1.CC.CF.NC1=NC(c2ccccc2F)C2CC2S1. The van der Waals surface area contributed by atoms with Crippen LogP contribution in [0.25, 0.3) is 0 Å². The summed E-state index contributed by atoms with van der Waals surface area (Å²) in [5.41, 5.74) is 6.41. The number of morpholine rings is 1. The van der Waals surface area contributed by atoms with Gasteiger partial charge in [0.25, 0.3) is 0 Å². The van der Waals surface area contributed by atoms with Crippen molar-refractivity contribution in [2.45, 2.75) is 31.6 Å². The van der Waals surface area contributed by atoms with E-state index in [0.29, 0.717) is 55.4 Å². The number of nitrogens with two attached hydrogens (primary N) is 1. The van der Waals surface area contributed by atoms with Crippen molar-refractivity contribution in [2.75, 3.05) is 33.5 Å². The normalized spacial score (nSPS) is 24.0. The van der Waals surface area contributed by atoms with E-state index in [1.807, 2.05) is 26.0 Å². The molecule has 29 heavy (non-hydrogen) atoms. The van der Waals surface area contributed by atoms with Crippen molar-refractivity contribution in [1.29, 1.82) is 0 Å². The molecule has 2 aliphatic heterocycles. The number of fused-ring (bicyclic) bond motifs is 1. The zero-order valence-corrected chi connectivity index (χ0v) is 18.1. The Morgan fingerprint density at radius 2 is 1.93 bits per heavy atom. The first kappa shape index (κ1) is 25.1. The lowest BCUT2D eigenvalue weighted by molar-refractivity contribution is -0.129. The molecule has 8 heteroatoms. The van der Waals surface area contributed by atoms with Gasteiger partial charge in [0, 0.05) is 23.9 Å². The largest absolute Gasteiger partial charge is 0.379 e. The summed E-state index contributed by atoms with van der Waals surface area (Å²) >= 11 is 1.62. The maximum absolute atomic E-state index is 13.6. The summed E-state index contributed by atoms with van der Waals surface area (Å²) in [6.07, 6.45) is 2.44. The summed E-state index contributed by atoms with van der Waals surface area (Å²) in [7, 11) is 0.500. The van der Waals surface area contributed by atoms with Crippen LogP contribution in [-0.4, -0.2) is 54.7 Å². The standard InChI is InChI=1S/C11H11FN2S.C7H11NO2.C2H6.CH3F/c12-8-4-2-1-3-6(8)10-7-5-9(7)15-11(13)14-10;1-2-7(9)8-3-5-10-6-4-8;2*1-2/h1-4,7,9-10H,5H2,(H2,13,14);2H,1,3-6H2;1-2H3;1H3. The average molecular weight is 428 g/mol. The van der Waals surface area contributed by atoms with E-state index < -0.39 is 0 Å². The number of halogens is 2. The minimum absolute atomic E-state index is 0.00306. The van der Waals surface area contributed by atoms with Crippen LogP contribution in [0.3, 0.4) is 0 Å². The molecule has 5 nitrogen and oxygen atoms in total. The Balaban J connectivity index is 0.000000263. The highest BCUT2D eigenvalue weighted by molar-refractivity contribution is 8.14. The van der Waals surface area contributed by atoms with Crippen LogP contribution in [0.15, 0.2) is 41.9 Å². The Morgan fingerprint density at radius 1 is 1.31 bits per heavy atom. The van der Waals surface area contributed by atoms with Crippen LogP contribution in [-0.2, 0) is 9.53 Å². The Bertz CT molecular complexity index is 682. The Morgan fingerprint density at radius 3 is 2.52 bits per heavy atom. The quantitative estimate of drug-likeness (QED) is 0.726. The molecule has 3 atom stereocenters. The van der Waals surface area contributed by atoms with E-state index in [1.165, 1.54) is 12.1 Å². The highest BCUT2D eigenvalue weighted by Crippen LogP contribution is 2.54. The lowest BCUT2D eigenvalue weighted by Gasteiger charge is -2.25. The van der Waals surface area contributed by atoms with Gasteiger partial charge >= 0.3 is 0 Å². The maximum Gasteiger partial charge on any atom is 0.246 e. The number of hydrogen-bond acceptors (Lipinski definition) is 5. The smallest absolute Gasteiger partial charge is 0.246 e. The maximum atomic E-state index is 13.6. The van der Waals surface area contributed by atoms with Crippen molar-refractivity contribution in [3.63, 3.8) is 0 Å². The van der Waals surface area contributed by atoms with Gasteiger partial charge in [-0.05, 0) is 24.5 Å². The lowest BCUT2D eigenvalue weighted by atomic mass is 10.0. The molecular weight excluding hydrogens is 396 g/mol. The second-order valence-electron chi connectivity index (χ2n) is 6.13. The molecule has 1 aromatic carbocycles. The van der Waals surface area contributed by atoms with Crippen LogP contribution in [0.4, 0.5) is 8.78 Å². The molecule has 0 aromatic heterocycles. The summed E-state index contributed by atoms with van der Waals surface area (Å²) in [4.78, 5) is 17.0. The molecule has 2 heterocycles. The van der Waals surface area contributed by atoms with Gasteiger partial charge in [0.15, 0.2) is 5.17 Å². The summed E-state index contributed by atoms with van der Waals surface area (Å²) < 4.78 is 28.1. The summed E-state index contributed by atoms with van der Waals surface area (Å²) in [5, 5.41) is 1.16. The third-order valence-electron chi connectivity index (χ3n) is 4.44. The van der Waals surface area contributed by atoms with Crippen molar-refractivity contribution in [3.05, 3.63) is 48.3 Å². The number of carbonyl (C=O) groups excluding carboxylic acids is 1. The molecule has 1 aromatic rings. The van der Waals surface area contributed by atoms with Gasteiger partial charge in [-0.1, -0.05) is 50.4 Å². The van der Waals surface area contributed by atoms with Gasteiger partial charge in [0.2, 0.25) is 5.91 Å². The predicted molar refractivity (Wildman–Crippen MR) is 116 cm³/mol. The summed E-state index contributed by atoms with van der Waals surface area (Å²) in [6, 6.07) is 6.79. The van der Waals surface area contributed by atoms with E-state index >= 15 is 0 Å². The zero-order chi connectivity index (χ0) is 21.8. The second-order valence-corrected chi connectivity index (χ2v) is 7.39. The predicted octanol–water partition coefficient (Wildman–Crippen LogP) is 3.96. The van der Waals surface area contributed by atoms with Crippen LogP contribution in [0, 0.1) is 11.7 Å². The van der Waals surface area contributed by atoms with E-state index in [-0.39, 0.29) is 17.8 Å². The number of thioether (sulfide) groups is 1. The lowest BCUT2D eigenvalue weighted by Crippen LogP contribution is -2.39. The van der Waals surface area contributed by atoms with Crippen molar-refractivity contribution >= 4 is 22.8 Å². The molecule has 162 valence electrons. The van der Waals surface area contributed by atoms with Crippen LogP contribution in [0.5, 0.6) is 0 Å². The van der Waals surface area contributed by atoms with Crippen LogP contribution in [0.2, 0.25) is 0 Å². The van der Waals surface area contributed by atoms with Crippen LogP contribution in [0.1, 0.15) is 31.9 Å². The number of amides is 1. The molecule has 1 saturated carbocycles. The molecule has 0 bridgehead atoms. The molecule has 2 N–H and O–H groups in total. The molecule has 1 saturated heterocycles. The van der Waals surface area contributed by atoms with Gasteiger partial charge in [0.05, 0.1) is 26.4 Å². The van der Waals surface area contributed by atoms with E-state index in [4.69, 9.17) is 10.5 Å². The van der Waals surface area contributed by atoms with E-state index in [2.05, 4.69) is 11.6 Å². The molecule has 2 fully saturated rings. The molecule has 1 aliphatic carbocycles. The molecule has 3 aliphatic rings. The number of aliphatic imine (C=N–C) groups is 1. The average Bonchev–Trinajstić information content (AvgIpc) is 3.56. The number of benzene rings is 1. The topological polar surface area (TPSA) is 67.9 Å². The molecule has 3 unspecified atom stereocenters. The number of alkyl halides is 1. The molecule has 4 rings (SSSR count). The summed E-state index contributed by atoms with van der Waals surface area (Å²) in [5.74, 6) is 0.319. The molecule has 0 spiro atoms. The number of amidine groups is 1. The summed E-state index contributed by atoms with van der Waals surface area (Å²) in [6.45, 7) is 10.1. The highest BCUT2D eigenvalue weighted by Gasteiger charge is 2.48. The molecule has 1 amide bonds. The zero-order valence-electron chi connectivity index (χ0n) is 17.3. The fourth-order valence-electron chi connectivity index (χ4n) is 3.00. The first-order valence-electron chi connectivity index (χ1n) is 9.71. The Kier molecular flexibility index (Phi) is 11.5. The number of carbonyl (C=O) groups is 1. The van der Waals surface area contributed by atoms with Gasteiger partial charge in [-0.3, -0.25) is 14.2 Å². The third kappa shape index (κ3) is 7.44. The number of ether oxygens (including phenoxy) is 1. The van der Waals surface area contributed by atoms with Crippen molar-refractivity contribution < 1.29 is 18.3 Å². The van der Waals surface area contributed by atoms with E-state index in [1.54, 1.807) is 22.7 Å². The minimum Gasteiger partial charge on any atom is -0.379 e.